The Labute approximate surface area is 90.8 Å². The maximum atomic E-state index is 11.7. The van der Waals surface area contributed by atoms with E-state index in [4.69, 9.17) is 9.84 Å². The Morgan fingerprint density at radius 3 is 2.60 bits per heavy atom. The van der Waals surface area contributed by atoms with Gasteiger partial charge in [-0.3, -0.25) is 4.79 Å². The lowest BCUT2D eigenvalue weighted by molar-refractivity contribution is -0.152. The molecule has 3 nitrogen and oxygen atoms in total. The summed E-state index contributed by atoms with van der Waals surface area (Å²) in [7, 11) is 0. The van der Waals surface area contributed by atoms with Crippen LogP contribution in [0.3, 0.4) is 0 Å². The zero-order valence-electron chi connectivity index (χ0n) is 9.48. The van der Waals surface area contributed by atoms with Gasteiger partial charge in [-0.15, -0.1) is 0 Å². The normalized spacial score (nSPS) is 43.3. The molecule has 0 radical (unpaired) electrons. The molecule has 0 heterocycles. The fourth-order valence-electron chi connectivity index (χ4n) is 3.46. The lowest BCUT2D eigenvalue weighted by Crippen LogP contribution is -2.31. The third kappa shape index (κ3) is 1.78. The largest absolute Gasteiger partial charge is 0.463 e. The van der Waals surface area contributed by atoms with Crippen molar-refractivity contribution in [3.63, 3.8) is 0 Å². The molecule has 0 aromatic heterocycles. The predicted octanol–water partition coefficient (Wildman–Crippen LogP) is 1.45. The molecule has 2 saturated carbocycles. The van der Waals surface area contributed by atoms with E-state index in [9.17, 15) is 4.79 Å². The minimum absolute atomic E-state index is 0.0709. The minimum Gasteiger partial charge on any atom is -0.463 e. The van der Waals surface area contributed by atoms with E-state index in [1.165, 1.54) is 6.42 Å². The zero-order valence-corrected chi connectivity index (χ0v) is 9.48. The van der Waals surface area contributed by atoms with Crippen LogP contribution in [0.4, 0.5) is 0 Å². The topological polar surface area (TPSA) is 46.5 Å². The van der Waals surface area contributed by atoms with Crippen molar-refractivity contribution < 1.29 is 14.6 Å². The van der Waals surface area contributed by atoms with E-state index < -0.39 is 0 Å². The Hall–Kier alpha value is -0.570. The molecular weight excluding hydrogens is 192 g/mol. The van der Waals surface area contributed by atoms with Crippen molar-refractivity contribution in [3.8, 4) is 0 Å². The van der Waals surface area contributed by atoms with Crippen molar-refractivity contribution in [2.45, 2.75) is 26.7 Å². The Morgan fingerprint density at radius 1 is 1.33 bits per heavy atom. The SMILES string of the molecule is CC1C2CC(C(=O)OCCO)C(C2)C1C. The Morgan fingerprint density at radius 2 is 2.07 bits per heavy atom. The molecule has 15 heavy (non-hydrogen) atoms. The summed E-state index contributed by atoms with van der Waals surface area (Å²) in [4.78, 5) is 11.7. The Balaban J connectivity index is 1.94. The number of esters is 1. The predicted molar refractivity (Wildman–Crippen MR) is 56.1 cm³/mol. The van der Waals surface area contributed by atoms with Crippen molar-refractivity contribution in [3.05, 3.63) is 0 Å². The number of ether oxygens (including phenoxy) is 1. The summed E-state index contributed by atoms with van der Waals surface area (Å²) in [6.07, 6.45) is 2.20. The van der Waals surface area contributed by atoms with Gasteiger partial charge >= 0.3 is 5.97 Å². The van der Waals surface area contributed by atoms with Crippen LogP contribution in [0.25, 0.3) is 0 Å². The van der Waals surface area contributed by atoms with Crippen molar-refractivity contribution in [1.82, 2.24) is 0 Å². The summed E-state index contributed by atoms with van der Waals surface area (Å²) in [6.45, 7) is 4.63. The molecule has 2 aliphatic rings. The summed E-state index contributed by atoms with van der Waals surface area (Å²) >= 11 is 0. The lowest BCUT2D eigenvalue weighted by Gasteiger charge is -2.30. The average molecular weight is 212 g/mol. The van der Waals surface area contributed by atoms with Crippen LogP contribution in [0.15, 0.2) is 0 Å². The van der Waals surface area contributed by atoms with Gasteiger partial charge in [-0.05, 0) is 36.5 Å². The van der Waals surface area contributed by atoms with Crippen LogP contribution in [-0.2, 0) is 9.53 Å². The number of aliphatic hydroxyl groups is 1. The molecule has 5 atom stereocenters. The molecule has 0 aromatic rings. The minimum atomic E-state index is -0.0877. The fourth-order valence-corrected chi connectivity index (χ4v) is 3.46. The average Bonchev–Trinajstić information content (AvgIpc) is 2.77. The van der Waals surface area contributed by atoms with Crippen LogP contribution in [0.1, 0.15) is 26.7 Å². The fraction of sp³-hybridized carbons (Fsp3) is 0.917. The summed E-state index contributed by atoms with van der Waals surface area (Å²) in [6, 6.07) is 0. The second-order valence-electron chi connectivity index (χ2n) is 5.11. The molecule has 3 heteroatoms. The van der Waals surface area contributed by atoms with Crippen LogP contribution in [0.5, 0.6) is 0 Å². The van der Waals surface area contributed by atoms with Crippen LogP contribution in [-0.4, -0.2) is 24.3 Å². The van der Waals surface area contributed by atoms with E-state index in [0.717, 1.165) is 18.3 Å². The molecule has 0 aromatic carbocycles. The molecular formula is C12H20O3. The van der Waals surface area contributed by atoms with E-state index >= 15 is 0 Å². The van der Waals surface area contributed by atoms with Gasteiger partial charge < -0.3 is 9.84 Å². The van der Waals surface area contributed by atoms with Crippen molar-refractivity contribution in [2.75, 3.05) is 13.2 Å². The maximum Gasteiger partial charge on any atom is 0.309 e. The summed E-state index contributed by atoms with van der Waals surface area (Å²) in [5, 5.41) is 8.61. The second kappa shape index (κ2) is 4.12. The highest BCUT2D eigenvalue weighted by molar-refractivity contribution is 5.73. The number of fused-ring (bicyclic) bond motifs is 2. The number of rotatable bonds is 3. The highest BCUT2D eigenvalue weighted by Crippen LogP contribution is 2.55. The monoisotopic (exact) mass is 212 g/mol. The van der Waals surface area contributed by atoms with Gasteiger partial charge in [0.15, 0.2) is 0 Å². The third-order valence-corrected chi connectivity index (χ3v) is 4.54. The van der Waals surface area contributed by atoms with E-state index in [2.05, 4.69) is 13.8 Å². The van der Waals surface area contributed by atoms with Gasteiger partial charge in [-0.1, -0.05) is 13.8 Å². The van der Waals surface area contributed by atoms with Crippen molar-refractivity contribution >= 4 is 5.97 Å². The smallest absolute Gasteiger partial charge is 0.309 e. The first kappa shape index (κ1) is 10.9. The quantitative estimate of drug-likeness (QED) is 0.720. The van der Waals surface area contributed by atoms with Gasteiger partial charge in [0, 0.05) is 0 Å². The van der Waals surface area contributed by atoms with E-state index in [-0.39, 0.29) is 25.1 Å². The first-order valence-corrected chi connectivity index (χ1v) is 5.92. The Bertz CT molecular complexity index is 249. The molecule has 2 aliphatic carbocycles. The third-order valence-electron chi connectivity index (χ3n) is 4.54. The van der Waals surface area contributed by atoms with Gasteiger partial charge in [0.25, 0.3) is 0 Å². The molecule has 0 aliphatic heterocycles. The van der Waals surface area contributed by atoms with Crippen LogP contribution in [0, 0.1) is 29.6 Å². The van der Waals surface area contributed by atoms with Crippen LogP contribution < -0.4 is 0 Å². The summed E-state index contributed by atoms with van der Waals surface area (Å²) in [5.74, 6) is 2.67. The highest BCUT2D eigenvalue weighted by Gasteiger charge is 2.51. The maximum absolute atomic E-state index is 11.7. The van der Waals surface area contributed by atoms with E-state index in [1.807, 2.05) is 0 Å². The molecule has 0 spiro atoms. The van der Waals surface area contributed by atoms with Gasteiger partial charge in [-0.25, -0.2) is 0 Å². The summed E-state index contributed by atoms with van der Waals surface area (Å²) < 4.78 is 5.02. The number of carbonyl (C=O) groups excluding carboxylic acids is 1. The van der Waals surface area contributed by atoms with Crippen LogP contribution >= 0.6 is 0 Å². The number of aliphatic hydroxyl groups excluding tert-OH is 1. The second-order valence-corrected chi connectivity index (χ2v) is 5.11. The molecule has 2 rings (SSSR count). The van der Waals surface area contributed by atoms with Gasteiger partial charge in [-0.2, -0.15) is 0 Å². The van der Waals surface area contributed by atoms with Gasteiger partial charge in [0.2, 0.25) is 0 Å². The standard InChI is InChI=1S/C12H20O3/c1-7-8(2)10-5-9(7)6-11(10)12(14)15-4-3-13/h7-11,13H,3-6H2,1-2H3. The van der Waals surface area contributed by atoms with Crippen LogP contribution in [0.2, 0.25) is 0 Å². The van der Waals surface area contributed by atoms with Crippen molar-refractivity contribution in [2.24, 2.45) is 29.6 Å². The lowest BCUT2D eigenvalue weighted by atomic mass is 9.76. The molecule has 0 amide bonds. The molecule has 2 bridgehead atoms. The van der Waals surface area contributed by atoms with E-state index in [0.29, 0.717) is 11.8 Å². The first-order valence-electron chi connectivity index (χ1n) is 5.92. The molecule has 1 N–H and O–H groups in total. The van der Waals surface area contributed by atoms with E-state index in [1.54, 1.807) is 0 Å². The number of hydrogen-bond donors (Lipinski definition) is 1. The number of hydrogen-bond acceptors (Lipinski definition) is 3. The Kier molecular flexibility index (Phi) is 3.01. The zero-order chi connectivity index (χ0) is 11.0. The van der Waals surface area contributed by atoms with Crippen molar-refractivity contribution in [1.29, 1.82) is 0 Å². The van der Waals surface area contributed by atoms with Gasteiger partial charge in [0.05, 0.1) is 12.5 Å². The molecule has 5 unspecified atom stereocenters. The number of carbonyl (C=O) groups is 1. The molecule has 86 valence electrons. The molecule has 0 saturated heterocycles. The molecule has 2 fully saturated rings. The highest BCUT2D eigenvalue weighted by atomic mass is 16.5. The first-order chi connectivity index (χ1) is 7.15. The summed E-state index contributed by atoms with van der Waals surface area (Å²) in [5.41, 5.74) is 0. The van der Waals surface area contributed by atoms with Gasteiger partial charge in [0.1, 0.15) is 6.61 Å².